The fourth-order valence-corrected chi connectivity index (χ4v) is 5.72. The van der Waals surface area contributed by atoms with Gasteiger partial charge in [0.25, 0.3) is 0 Å². The summed E-state index contributed by atoms with van der Waals surface area (Å²) >= 11 is 0. The van der Waals surface area contributed by atoms with Crippen LogP contribution in [0.3, 0.4) is 0 Å². The highest BCUT2D eigenvalue weighted by molar-refractivity contribution is 5.98. The van der Waals surface area contributed by atoms with E-state index in [9.17, 15) is 18.0 Å². The van der Waals surface area contributed by atoms with Gasteiger partial charge in [0, 0.05) is 19.6 Å². The summed E-state index contributed by atoms with van der Waals surface area (Å²) in [6.45, 7) is 6.26. The molecular formula is C30H37F3N2O3. The average molecular weight is 531 g/mol. The molecule has 2 aliphatic rings. The van der Waals surface area contributed by atoms with E-state index in [1.807, 2.05) is 13.0 Å². The van der Waals surface area contributed by atoms with Crippen LogP contribution in [-0.2, 0) is 35.4 Å². The molecule has 4 rings (SSSR count). The molecule has 0 atom stereocenters. The molecule has 1 heterocycles. The van der Waals surface area contributed by atoms with E-state index in [2.05, 4.69) is 29.1 Å². The fraction of sp³-hybridized carbons (Fsp3) is 0.533. The highest BCUT2D eigenvalue weighted by atomic mass is 19.4. The van der Waals surface area contributed by atoms with Crippen molar-refractivity contribution in [3.05, 3.63) is 69.8 Å². The van der Waals surface area contributed by atoms with E-state index in [4.69, 9.17) is 9.94 Å². The van der Waals surface area contributed by atoms with Crippen molar-refractivity contribution in [3.8, 4) is 0 Å². The SMILES string of the molecule is CCc1cc(/C(C)=N\OCc2ccc(C3CCCCC3)c(C(F)(F)F)c2)ccc1CN1CC(CC(=O)O)C1. The number of alkyl halides is 3. The summed E-state index contributed by atoms with van der Waals surface area (Å²) in [6, 6.07) is 10.7. The molecule has 0 radical (unpaired) electrons. The quantitative estimate of drug-likeness (QED) is 0.261. The van der Waals surface area contributed by atoms with Crippen molar-refractivity contribution in [2.45, 2.75) is 84.0 Å². The Morgan fingerprint density at radius 1 is 1.08 bits per heavy atom. The highest BCUT2D eigenvalue weighted by Crippen LogP contribution is 2.41. The van der Waals surface area contributed by atoms with Gasteiger partial charge in [0.15, 0.2) is 0 Å². The minimum atomic E-state index is -4.40. The van der Waals surface area contributed by atoms with Crippen LogP contribution >= 0.6 is 0 Å². The Balaban J connectivity index is 1.38. The van der Waals surface area contributed by atoms with E-state index in [1.54, 1.807) is 12.1 Å². The van der Waals surface area contributed by atoms with Crippen molar-refractivity contribution in [3.63, 3.8) is 0 Å². The normalized spacial score (nSPS) is 17.9. The third-order valence-electron chi connectivity index (χ3n) is 7.80. The Morgan fingerprint density at radius 3 is 2.47 bits per heavy atom. The van der Waals surface area contributed by atoms with Crippen LogP contribution < -0.4 is 0 Å². The number of oxime groups is 1. The van der Waals surface area contributed by atoms with E-state index in [0.717, 1.165) is 63.7 Å². The number of carboxylic acid groups (broad SMARTS) is 1. The number of carboxylic acids is 1. The monoisotopic (exact) mass is 530 g/mol. The van der Waals surface area contributed by atoms with Gasteiger partial charge < -0.3 is 9.94 Å². The molecule has 38 heavy (non-hydrogen) atoms. The maximum atomic E-state index is 13.8. The first-order valence-corrected chi connectivity index (χ1v) is 13.6. The second kappa shape index (κ2) is 12.3. The first kappa shape index (κ1) is 28.1. The molecule has 0 bridgehead atoms. The van der Waals surface area contributed by atoms with Crippen molar-refractivity contribution in [2.75, 3.05) is 13.1 Å². The lowest BCUT2D eigenvalue weighted by Gasteiger charge is -2.39. The maximum Gasteiger partial charge on any atom is 0.416 e. The molecule has 0 unspecified atom stereocenters. The van der Waals surface area contributed by atoms with Gasteiger partial charge >= 0.3 is 12.1 Å². The van der Waals surface area contributed by atoms with Crippen LogP contribution in [0.4, 0.5) is 13.2 Å². The van der Waals surface area contributed by atoms with E-state index in [0.29, 0.717) is 16.8 Å². The maximum absolute atomic E-state index is 13.8. The van der Waals surface area contributed by atoms with Crippen molar-refractivity contribution in [1.29, 1.82) is 0 Å². The summed E-state index contributed by atoms with van der Waals surface area (Å²) in [7, 11) is 0. The van der Waals surface area contributed by atoms with Crippen molar-refractivity contribution < 1.29 is 27.9 Å². The van der Waals surface area contributed by atoms with Gasteiger partial charge in [-0.15, -0.1) is 0 Å². The lowest BCUT2D eigenvalue weighted by molar-refractivity contribution is -0.140. The van der Waals surface area contributed by atoms with Crippen LogP contribution in [0.15, 0.2) is 41.6 Å². The number of nitrogens with zero attached hydrogens (tertiary/aromatic N) is 2. The van der Waals surface area contributed by atoms with Crippen LogP contribution in [0.25, 0.3) is 0 Å². The Kier molecular flexibility index (Phi) is 9.13. The van der Waals surface area contributed by atoms with E-state index in [-0.39, 0.29) is 24.9 Å². The summed E-state index contributed by atoms with van der Waals surface area (Å²) in [4.78, 5) is 18.6. The Hall–Kier alpha value is -2.87. The molecule has 1 saturated heterocycles. The molecule has 1 aliphatic carbocycles. The topological polar surface area (TPSA) is 62.1 Å². The van der Waals surface area contributed by atoms with Gasteiger partial charge in [-0.25, -0.2) is 0 Å². The Labute approximate surface area is 222 Å². The molecule has 0 aromatic heterocycles. The predicted molar refractivity (Wildman–Crippen MR) is 141 cm³/mol. The molecule has 0 spiro atoms. The second-order valence-corrected chi connectivity index (χ2v) is 10.7. The molecule has 1 N–H and O–H groups in total. The average Bonchev–Trinajstić information content (AvgIpc) is 2.87. The zero-order chi connectivity index (χ0) is 27.3. The fourth-order valence-electron chi connectivity index (χ4n) is 5.72. The lowest BCUT2D eigenvalue weighted by Crippen LogP contribution is -2.46. The number of carbonyl (C=O) groups is 1. The number of halogens is 3. The Bertz CT molecular complexity index is 1150. The first-order chi connectivity index (χ1) is 18.1. The van der Waals surface area contributed by atoms with Crippen LogP contribution in [-0.4, -0.2) is 34.8 Å². The molecular weight excluding hydrogens is 493 g/mol. The van der Waals surface area contributed by atoms with Gasteiger partial charge in [-0.05, 0) is 78.0 Å². The number of hydrogen-bond acceptors (Lipinski definition) is 4. The van der Waals surface area contributed by atoms with Gasteiger partial charge in [0.05, 0.1) is 17.7 Å². The van der Waals surface area contributed by atoms with E-state index in [1.165, 1.54) is 17.2 Å². The molecule has 2 fully saturated rings. The van der Waals surface area contributed by atoms with Crippen LogP contribution in [0.5, 0.6) is 0 Å². The zero-order valence-corrected chi connectivity index (χ0v) is 22.2. The summed E-state index contributed by atoms with van der Waals surface area (Å²) < 4.78 is 41.5. The number of aliphatic carboxylic acids is 1. The third-order valence-corrected chi connectivity index (χ3v) is 7.80. The molecule has 1 saturated carbocycles. The molecule has 206 valence electrons. The van der Waals surface area contributed by atoms with E-state index >= 15 is 0 Å². The van der Waals surface area contributed by atoms with Crippen molar-refractivity contribution in [2.24, 2.45) is 11.1 Å². The van der Waals surface area contributed by atoms with Gasteiger partial charge in [-0.3, -0.25) is 9.69 Å². The molecule has 2 aromatic carbocycles. The smallest absolute Gasteiger partial charge is 0.416 e. The molecule has 8 heteroatoms. The first-order valence-electron chi connectivity index (χ1n) is 13.6. The predicted octanol–water partition coefficient (Wildman–Crippen LogP) is 7.16. The number of hydrogen-bond donors (Lipinski definition) is 1. The van der Waals surface area contributed by atoms with Crippen molar-refractivity contribution >= 4 is 11.7 Å². The molecule has 0 amide bonds. The van der Waals surface area contributed by atoms with Gasteiger partial charge in [0.1, 0.15) is 6.61 Å². The number of benzene rings is 2. The zero-order valence-electron chi connectivity index (χ0n) is 22.2. The highest BCUT2D eigenvalue weighted by Gasteiger charge is 2.36. The van der Waals surface area contributed by atoms with Crippen molar-refractivity contribution in [1.82, 2.24) is 4.90 Å². The van der Waals surface area contributed by atoms with Crippen LogP contribution in [0.1, 0.15) is 91.7 Å². The summed E-state index contributed by atoms with van der Waals surface area (Å²) in [5.74, 6) is -0.555. The Morgan fingerprint density at radius 2 is 1.82 bits per heavy atom. The largest absolute Gasteiger partial charge is 0.481 e. The minimum Gasteiger partial charge on any atom is -0.481 e. The van der Waals surface area contributed by atoms with Gasteiger partial charge in [-0.1, -0.05) is 55.6 Å². The molecule has 5 nitrogen and oxygen atoms in total. The molecule has 1 aliphatic heterocycles. The van der Waals surface area contributed by atoms with E-state index < -0.39 is 17.7 Å². The summed E-state index contributed by atoms with van der Waals surface area (Å²) in [6.07, 6.45) is 1.34. The number of likely N-dealkylation sites (tertiary alicyclic amines) is 1. The van der Waals surface area contributed by atoms with Crippen LogP contribution in [0, 0.1) is 5.92 Å². The second-order valence-electron chi connectivity index (χ2n) is 10.7. The van der Waals surface area contributed by atoms with Crippen LogP contribution in [0.2, 0.25) is 0 Å². The summed E-state index contributed by atoms with van der Waals surface area (Å²) in [5, 5.41) is 13.1. The minimum absolute atomic E-state index is 0.0291. The molecule has 2 aromatic rings. The third kappa shape index (κ3) is 7.16. The number of aryl methyl sites for hydroxylation is 1. The number of rotatable bonds is 10. The summed E-state index contributed by atoms with van der Waals surface area (Å²) in [5.41, 5.74) is 4.26. The van der Waals surface area contributed by atoms with Gasteiger partial charge in [-0.2, -0.15) is 13.2 Å². The van der Waals surface area contributed by atoms with Gasteiger partial charge in [0.2, 0.25) is 0 Å². The standard InChI is InChI=1S/C30H37F3N2O3/c1-3-23-15-25(10-11-26(23)18-35-16-22(17-35)14-29(36)37)20(2)34-38-19-21-9-12-27(24-7-5-4-6-8-24)28(13-21)30(31,32)33/h9-13,15,22,24H,3-8,14,16-19H2,1-2H3,(H,36,37)/b34-20-. The lowest BCUT2D eigenvalue weighted by atomic mass is 9.81.